The summed E-state index contributed by atoms with van der Waals surface area (Å²) in [6, 6.07) is 17.5. The third kappa shape index (κ3) is 6.23. The summed E-state index contributed by atoms with van der Waals surface area (Å²) >= 11 is 7.14. The van der Waals surface area contributed by atoms with Crippen molar-refractivity contribution in [2.75, 3.05) is 23.5 Å². The monoisotopic (exact) mass is 427 g/mol. The Hall–Kier alpha value is -3.03. The van der Waals surface area contributed by atoms with Gasteiger partial charge in [0.25, 0.3) is 5.91 Å². The molecule has 0 aliphatic heterocycles. The number of amides is 2. The molecule has 6 nitrogen and oxygen atoms in total. The lowest BCUT2D eigenvalue weighted by Crippen LogP contribution is -2.15. The molecule has 2 aromatic carbocycles. The molecule has 0 unspecified atom stereocenters. The Labute approximate surface area is 177 Å². The van der Waals surface area contributed by atoms with Gasteiger partial charge >= 0.3 is 0 Å². The lowest BCUT2D eigenvalue weighted by atomic mass is 10.2. The van der Waals surface area contributed by atoms with Crippen LogP contribution in [-0.2, 0) is 4.79 Å². The molecule has 0 fully saturated rings. The zero-order chi connectivity index (χ0) is 20.6. The molecule has 0 spiro atoms. The van der Waals surface area contributed by atoms with Crippen LogP contribution in [0.3, 0.4) is 0 Å². The van der Waals surface area contributed by atoms with Gasteiger partial charge in [-0.2, -0.15) is 0 Å². The molecule has 0 atom stereocenters. The Kier molecular flexibility index (Phi) is 7.10. The number of nitrogens with one attached hydrogen (secondary N) is 2. The van der Waals surface area contributed by atoms with Crippen LogP contribution >= 0.6 is 23.4 Å². The van der Waals surface area contributed by atoms with Gasteiger partial charge in [-0.1, -0.05) is 23.7 Å². The van der Waals surface area contributed by atoms with Crippen molar-refractivity contribution >= 4 is 46.7 Å². The fraction of sp³-hybridized carbons (Fsp3) is 0.0952. The average Bonchev–Trinajstić information content (AvgIpc) is 2.74. The largest absolute Gasteiger partial charge is 0.497 e. The number of aromatic nitrogens is 1. The topological polar surface area (TPSA) is 80.3 Å². The SMILES string of the molecule is COc1cccc(C(=O)Nc2cccc(SCC(=O)Nc3ccc(Cl)cn3)c2)c1. The van der Waals surface area contributed by atoms with Gasteiger partial charge in [0.1, 0.15) is 11.6 Å². The maximum absolute atomic E-state index is 12.4. The Balaban J connectivity index is 1.56. The van der Waals surface area contributed by atoms with E-state index in [1.54, 1.807) is 49.6 Å². The number of hydrogen-bond acceptors (Lipinski definition) is 5. The van der Waals surface area contributed by atoms with Crippen LogP contribution in [0.4, 0.5) is 11.5 Å². The molecule has 0 radical (unpaired) electrons. The Morgan fingerprint density at radius 1 is 1.07 bits per heavy atom. The van der Waals surface area contributed by atoms with E-state index in [2.05, 4.69) is 15.6 Å². The zero-order valence-electron chi connectivity index (χ0n) is 15.5. The standard InChI is InChI=1S/C21H18ClN3O3S/c1-28-17-6-2-4-14(10-17)21(27)24-16-5-3-7-18(11-16)29-13-20(26)25-19-9-8-15(22)12-23-19/h2-12H,13H2,1H3,(H,24,27)(H,23,25,26). The van der Waals surface area contributed by atoms with Gasteiger partial charge in [-0.15, -0.1) is 11.8 Å². The van der Waals surface area contributed by atoms with Crippen molar-refractivity contribution in [2.45, 2.75) is 4.90 Å². The molecule has 0 bridgehead atoms. The summed E-state index contributed by atoms with van der Waals surface area (Å²) in [5.41, 5.74) is 1.14. The van der Waals surface area contributed by atoms with Crippen LogP contribution in [0.1, 0.15) is 10.4 Å². The second-order valence-corrected chi connectivity index (χ2v) is 7.40. The Morgan fingerprint density at radius 3 is 2.66 bits per heavy atom. The second kappa shape index (κ2) is 9.95. The minimum atomic E-state index is -0.238. The fourth-order valence-electron chi connectivity index (χ4n) is 2.41. The molecule has 3 aromatic rings. The number of benzene rings is 2. The van der Waals surface area contributed by atoms with Gasteiger partial charge in [-0.05, 0) is 48.5 Å². The minimum Gasteiger partial charge on any atom is -0.497 e. The summed E-state index contributed by atoms with van der Waals surface area (Å²) in [5, 5.41) is 6.06. The summed E-state index contributed by atoms with van der Waals surface area (Å²) in [6.07, 6.45) is 1.47. The van der Waals surface area contributed by atoms with E-state index in [9.17, 15) is 9.59 Å². The summed E-state index contributed by atoms with van der Waals surface area (Å²) < 4.78 is 5.14. The van der Waals surface area contributed by atoms with E-state index in [1.807, 2.05) is 18.2 Å². The van der Waals surface area contributed by atoms with Gasteiger partial charge in [0.2, 0.25) is 5.91 Å². The van der Waals surface area contributed by atoms with Crippen LogP contribution in [0, 0.1) is 0 Å². The van der Waals surface area contributed by atoms with Crippen molar-refractivity contribution in [1.82, 2.24) is 4.98 Å². The number of anilines is 2. The van der Waals surface area contributed by atoms with E-state index in [-0.39, 0.29) is 17.6 Å². The number of carbonyl (C=O) groups is 2. The molecule has 0 saturated carbocycles. The normalized spacial score (nSPS) is 10.3. The number of rotatable bonds is 7. The van der Waals surface area contributed by atoms with E-state index in [0.717, 1.165) is 4.90 Å². The molecule has 1 heterocycles. The molecule has 2 N–H and O–H groups in total. The predicted molar refractivity (Wildman–Crippen MR) is 116 cm³/mol. The summed E-state index contributed by atoms with van der Waals surface area (Å²) in [5.74, 6) is 0.841. The number of carbonyl (C=O) groups excluding carboxylic acids is 2. The van der Waals surface area contributed by atoms with Crippen molar-refractivity contribution in [3.05, 3.63) is 77.4 Å². The van der Waals surface area contributed by atoms with Crippen LogP contribution in [0.25, 0.3) is 0 Å². The molecular weight excluding hydrogens is 410 g/mol. The molecule has 148 valence electrons. The van der Waals surface area contributed by atoms with Crippen LogP contribution < -0.4 is 15.4 Å². The first-order valence-corrected chi connectivity index (χ1v) is 9.99. The lowest BCUT2D eigenvalue weighted by Gasteiger charge is -2.09. The maximum Gasteiger partial charge on any atom is 0.255 e. The first-order chi connectivity index (χ1) is 14.0. The number of hydrogen-bond donors (Lipinski definition) is 2. The van der Waals surface area contributed by atoms with Gasteiger partial charge in [0.15, 0.2) is 0 Å². The molecule has 2 amide bonds. The highest BCUT2D eigenvalue weighted by atomic mass is 35.5. The highest BCUT2D eigenvalue weighted by molar-refractivity contribution is 8.00. The maximum atomic E-state index is 12.4. The van der Waals surface area contributed by atoms with Gasteiger partial charge in [-0.25, -0.2) is 4.98 Å². The van der Waals surface area contributed by atoms with E-state index in [4.69, 9.17) is 16.3 Å². The van der Waals surface area contributed by atoms with Crippen LogP contribution in [0.2, 0.25) is 5.02 Å². The molecule has 0 aliphatic rings. The number of halogens is 1. The van der Waals surface area contributed by atoms with Gasteiger partial charge in [-0.3, -0.25) is 9.59 Å². The van der Waals surface area contributed by atoms with E-state index >= 15 is 0 Å². The summed E-state index contributed by atoms with van der Waals surface area (Å²) in [6.45, 7) is 0. The Morgan fingerprint density at radius 2 is 1.90 bits per heavy atom. The van der Waals surface area contributed by atoms with E-state index in [1.165, 1.54) is 18.0 Å². The first-order valence-electron chi connectivity index (χ1n) is 8.63. The fourth-order valence-corrected chi connectivity index (χ4v) is 3.28. The molecule has 0 saturated heterocycles. The number of nitrogens with zero attached hydrogens (tertiary/aromatic N) is 1. The van der Waals surface area contributed by atoms with Gasteiger partial charge < -0.3 is 15.4 Å². The molecule has 3 rings (SSSR count). The smallest absolute Gasteiger partial charge is 0.255 e. The quantitative estimate of drug-likeness (QED) is 0.533. The molecule has 29 heavy (non-hydrogen) atoms. The van der Waals surface area contributed by atoms with Crippen LogP contribution in [0.5, 0.6) is 5.75 Å². The number of pyridine rings is 1. The van der Waals surface area contributed by atoms with Crippen LogP contribution in [-0.4, -0.2) is 29.7 Å². The summed E-state index contributed by atoms with van der Waals surface area (Å²) in [7, 11) is 1.55. The molecule has 0 aliphatic carbocycles. The highest BCUT2D eigenvalue weighted by Gasteiger charge is 2.09. The van der Waals surface area contributed by atoms with E-state index in [0.29, 0.717) is 27.8 Å². The van der Waals surface area contributed by atoms with Crippen molar-refractivity contribution in [3.63, 3.8) is 0 Å². The van der Waals surface area contributed by atoms with Crippen molar-refractivity contribution in [3.8, 4) is 5.75 Å². The summed E-state index contributed by atoms with van der Waals surface area (Å²) in [4.78, 5) is 29.4. The van der Waals surface area contributed by atoms with Crippen molar-refractivity contribution < 1.29 is 14.3 Å². The van der Waals surface area contributed by atoms with Crippen LogP contribution in [0.15, 0.2) is 71.8 Å². The molecule has 8 heteroatoms. The second-order valence-electron chi connectivity index (χ2n) is 5.91. The minimum absolute atomic E-state index is 0.185. The van der Waals surface area contributed by atoms with Crippen molar-refractivity contribution in [1.29, 1.82) is 0 Å². The van der Waals surface area contributed by atoms with Gasteiger partial charge in [0.05, 0.1) is 17.9 Å². The number of thioether (sulfide) groups is 1. The molecular formula is C21H18ClN3O3S. The van der Waals surface area contributed by atoms with E-state index < -0.39 is 0 Å². The first kappa shape index (κ1) is 20.7. The van der Waals surface area contributed by atoms with Crippen molar-refractivity contribution in [2.24, 2.45) is 0 Å². The average molecular weight is 428 g/mol. The zero-order valence-corrected chi connectivity index (χ0v) is 17.1. The number of ether oxygens (including phenoxy) is 1. The Bertz CT molecular complexity index is 1010. The molecule has 1 aromatic heterocycles. The third-order valence-electron chi connectivity index (χ3n) is 3.79. The predicted octanol–water partition coefficient (Wildman–Crippen LogP) is 4.73. The van der Waals surface area contributed by atoms with Gasteiger partial charge in [0, 0.05) is 22.3 Å². The highest BCUT2D eigenvalue weighted by Crippen LogP contribution is 2.23. The lowest BCUT2D eigenvalue weighted by molar-refractivity contribution is -0.113. The third-order valence-corrected chi connectivity index (χ3v) is 5.01. The number of methoxy groups -OCH3 is 1.